The Morgan fingerprint density at radius 1 is 1.22 bits per heavy atom. The third-order valence-corrected chi connectivity index (χ3v) is 1.32. The van der Waals surface area contributed by atoms with Crippen molar-refractivity contribution in [1.82, 2.24) is 0 Å². The molecule has 0 aliphatic rings. The maximum absolute atomic E-state index is 2.23. The summed E-state index contributed by atoms with van der Waals surface area (Å²) >= 11 is 0. The van der Waals surface area contributed by atoms with Crippen LogP contribution in [-0.4, -0.2) is 45.8 Å². The van der Waals surface area contributed by atoms with Gasteiger partial charge in [-0.2, -0.15) is 0 Å². The van der Waals surface area contributed by atoms with Crippen LogP contribution in [0, 0.1) is 0 Å². The fourth-order valence-corrected chi connectivity index (χ4v) is 0.770. The average molecular weight is 132 g/mol. The van der Waals surface area contributed by atoms with Crippen LogP contribution in [0.1, 0.15) is 6.42 Å². The highest BCUT2D eigenvalue weighted by Crippen LogP contribution is 1.89. The predicted octanol–water partition coefficient (Wildman–Crippen LogP) is -0.724. The van der Waals surface area contributed by atoms with E-state index in [0.717, 1.165) is 4.48 Å². The van der Waals surface area contributed by atoms with Gasteiger partial charge in [-0.25, -0.2) is 0 Å². The minimum absolute atomic E-state index is 1.09. The molecular formula is C7H20N2+2. The minimum Gasteiger partial charge on any atom is -0.349 e. The van der Waals surface area contributed by atoms with E-state index in [1.807, 2.05) is 0 Å². The SMILES string of the molecule is C[NH2+]CCC[N+](C)(C)C. The molecule has 0 unspecified atom stereocenters. The molecular weight excluding hydrogens is 112 g/mol. The van der Waals surface area contributed by atoms with E-state index in [1.54, 1.807) is 0 Å². The van der Waals surface area contributed by atoms with Crippen molar-refractivity contribution in [3.05, 3.63) is 0 Å². The summed E-state index contributed by atoms with van der Waals surface area (Å²) in [6, 6.07) is 0. The van der Waals surface area contributed by atoms with Crippen LogP contribution < -0.4 is 5.32 Å². The summed E-state index contributed by atoms with van der Waals surface area (Å²) in [5.41, 5.74) is 0. The molecule has 0 atom stereocenters. The van der Waals surface area contributed by atoms with Crippen LogP contribution in [0.3, 0.4) is 0 Å². The summed E-state index contributed by atoms with van der Waals surface area (Å²) in [7, 11) is 8.82. The van der Waals surface area contributed by atoms with E-state index >= 15 is 0 Å². The second-order valence-corrected chi connectivity index (χ2v) is 3.56. The van der Waals surface area contributed by atoms with Crippen molar-refractivity contribution in [2.24, 2.45) is 0 Å². The van der Waals surface area contributed by atoms with Gasteiger partial charge in [0.2, 0.25) is 0 Å². The van der Waals surface area contributed by atoms with Crippen molar-refractivity contribution in [3.8, 4) is 0 Å². The van der Waals surface area contributed by atoms with Crippen molar-refractivity contribution in [1.29, 1.82) is 0 Å². The van der Waals surface area contributed by atoms with Gasteiger partial charge in [0.1, 0.15) is 0 Å². The molecule has 0 aliphatic heterocycles. The molecule has 0 bridgehead atoms. The van der Waals surface area contributed by atoms with Crippen molar-refractivity contribution >= 4 is 0 Å². The van der Waals surface area contributed by atoms with E-state index in [2.05, 4.69) is 33.5 Å². The van der Waals surface area contributed by atoms with E-state index in [1.165, 1.54) is 19.5 Å². The number of nitrogens with zero attached hydrogens (tertiary/aromatic N) is 1. The molecule has 0 spiro atoms. The van der Waals surface area contributed by atoms with Gasteiger partial charge in [-0.15, -0.1) is 0 Å². The summed E-state index contributed by atoms with van der Waals surface area (Å²) in [6.07, 6.45) is 1.32. The summed E-state index contributed by atoms with van der Waals surface area (Å²) < 4.78 is 1.09. The molecule has 0 rings (SSSR count). The Balaban J connectivity index is 3.07. The second kappa shape index (κ2) is 3.85. The Bertz CT molecular complexity index is 63.8. The first-order valence-corrected chi connectivity index (χ1v) is 3.64. The van der Waals surface area contributed by atoms with Gasteiger partial charge in [0, 0.05) is 6.42 Å². The van der Waals surface area contributed by atoms with E-state index in [0.29, 0.717) is 0 Å². The molecule has 2 heteroatoms. The van der Waals surface area contributed by atoms with Gasteiger partial charge < -0.3 is 9.80 Å². The van der Waals surface area contributed by atoms with E-state index < -0.39 is 0 Å². The monoisotopic (exact) mass is 132 g/mol. The molecule has 0 aromatic heterocycles. The fraction of sp³-hybridized carbons (Fsp3) is 1.00. The normalized spacial score (nSPS) is 12.0. The standard InChI is InChI=1S/C7H19N2/c1-8-6-5-7-9(2,3)4/h8H,5-7H2,1-4H3/q+1/p+1. The molecule has 0 fully saturated rings. The molecule has 0 amide bonds. The summed E-state index contributed by atoms with van der Waals surface area (Å²) in [4.78, 5) is 0. The topological polar surface area (TPSA) is 16.6 Å². The highest BCUT2D eigenvalue weighted by atomic mass is 15.3. The first-order valence-electron chi connectivity index (χ1n) is 3.64. The van der Waals surface area contributed by atoms with Crippen molar-refractivity contribution in [2.45, 2.75) is 6.42 Å². The molecule has 0 aromatic rings. The molecule has 2 N–H and O–H groups in total. The van der Waals surface area contributed by atoms with Crippen LogP contribution in [0.4, 0.5) is 0 Å². The summed E-state index contributed by atoms with van der Waals surface area (Å²) in [5, 5.41) is 2.23. The largest absolute Gasteiger partial charge is 0.349 e. The third kappa shape index (κ3) is 7.92. The van der Waals surface area contributed by atoms with Crippen molar-refractivity contribution in [3.63, 3.8) is 0 Å². The zero-order valence-corrected chi connectivity index (χ0v) is 7.15. The Morgan fingerprint density at radius 2 is 1.78 bits per heavy atom. The third-order valence-electron chi connectivity index (χ3n) is 1.32. The van der Waals surface area contributed by atoms with Gasteiger partial charge >= 0.3 is 0 Å². The van der Waals surface area contributed by atoms with Gasteiger partial charge in [0.05, 0.1) is 41.3 Å². The zero-order valence-electron chi connectivity index (χ0n) is 7.15. The molecule has 0 heterocycles. The molecule has 0 aromatic carbocycles. The van der Waals surface area contributed by atoms with E-state index in [9.17, 15) is 0 Å². The first-order chi connectivity index (χ1) is 4.06. The van der Waals surface area contributed by atoms with Crippen LogP contribution in [0.5, 0.6) is 0 Å². The fourth-order valence-electron chi connectivity index (χ4n) is 0.770. The lowest BCUT2D eigenvalue weighted by molar-refractivity contribution is -0.872. The second-order valence-electron chi connectivity index (χ2n) is 3.56. The van der Waals surface area contributed by atoms with Crippen LogP contribution in [-0.2, 0) is 0 Å². The quantitative estimate of drug-likeness (QED) is 0.384. The Morgan fingerprint density at radius 3 is 2.11 bits per heavy atom. The smallest absolute Gasteiger partial charge is 0.0834 e. The first kappa shape index (κ1) is 8.92. The zero-order chi connectivity index (χ0) is 7.33. The van der Waals surface area contributed by atoms with Gasteiger partial charge in [-0.3, -0.25) is 0 Å². The number of nitrogens with two attached hydrogens (primary N) is 1. The predicted molar refractivity (Wildman–Crippen MR) is 40.2 cm³/mol. The number of quaternary nitrogens is 2. The number of hydrogen-bond donors (Lipinski definition) is 1. The van der Waals surface area contributed by atoms with Gasteiger partial charge in [-0.05, 0) is 0 Å². The summed E-state index contributed by atoms with van der Waals surface area (Å²) in [6.45, 7) is 2.54. The number of hydrogen-bond acceptors (Lipinski definition) is 0. The molecule has 2 nitrogen and oxygen atoms in total. The molecule has 0 saturated carbocycles. The molecule has 56 valence electrons. The molecule has 0 saturated heterocycles. The average Bonchev–Trinajstić information content (AvgIpc) is 1.63. The van der Waals surface area contributed by atoms with Gasteiger partial charge in [0.25, 0.3) is 0 Å². The Labute approximate surface area is 58.4 Å². The highest BCUT2D eigenvalue weighted by Gasteiger charge is 2.04. The summed E-state index contributed by atoms with van der Waals surface area (Å²) in [5.74, 6) is 0. The lowest BCUT2D eigenvalue weighted by Gasteiger charge is -2.22. The minimum atomic E-state index is 1.09. The maximum Gasteiger partial charge on any atom is 0.0834 e. The van der Waals surface area contributed by atoms with Crippen LogP contribution in [0.2, 0.25) is 0 Å². The van der Waals surface area contributed by atoms with E-state index in [4.69, 9.17) is 0 Å². The van der Waals surface area contributed by atoms with Crippen molar-refractivity contribution in [2.75, 3.05) is 41.3 Å². The van der Waals surface area contributed by atoms with Crippen LogP contribution >= 0.6 is 0 Å². The molecule has 0 aliphatic carbocycles. The number of rotatable bonds is 4. The Hall–Kier alpha value is -0.0800. The van der Waals surface area contributed by atoms with Gasteiger partial charge in [-0.1, -0.05) is 0 Å². The van der Waals surface area contributed by atoms with E-state index in [-0.39, 0.29) is 0 Å². The lowest BCUT2D eigenvalue weighted by atomic mass is 10.4. The van der Waals surface area contributed by atoms with Gasteiger partial charge in [0.15, 0.2) is 0 Å². The lowest BCUT2D eigenvalue weighted by Crippen LogP contribution is -2.80. The van der Waals surface area contributed by atoms with Crippen LogP contribution in [0.25, 0.3) is 0 Å². The van der Waals surface area contributed by atoms with Crippen LogP contribution in [0.15, 0.2) is 0 Å². The highest BCUT2D eigenvalue weighted by molar-refractivity contribution is 4.28. The maximum atomic E-state index is 2.23. The van der Waals surface area contributed by atoms with Crippen molar-refractivity contribution < 1.29 is 9.80 Å². The molecule has 9 heavy (non-hydrogen) atoms. The Kier molecular flexibility index (Phi) is 3.82. The molecule has 0 radical (unpaired) electrons.